The molecular formula is C24H30N2O3S. The van der Waals surface area contributed by atoms with Crippen LogP contribution >= 0.6 is 11.8 Å². The number of esters is 1. The Kier molecular flexibility index (Phi) is 7.94. The van der Waals surface area contributed by atoms with Crippen LogP contribution in [0.1, 0.15) is 30.9 Å². The number of nitrogens with one attached hydrogen (secondary N) is 1. The van der Waals surface area contributed by atoms with Gasteiger partial charge in [-0.15, -0.1) is 0 Å². The van der Waals surface area contributed by atoms with Gasteiger partial charge in [0.2, 0.25) is 5.91 Å². The maximum Gasteiger partial charge on any atom is 0.310 e. The summed E-state index contributed by atoms with van der Waals surface area (Å²) >= 11 is 1.73. The van der Waals surface area contributed by atoms with Crippen LogP contribution in [0.5, 0.6) is 0 Å². The quantitative estimate of drug-likeness (QED) is 0.652. The number of ether oxygens (including phenoxy) is 1. The molecule has 1 N–H and O–H groups in total. The van der Waals surface area contributed by atoms with Crippen LogP contribution in [-0.4, -0.2) is 43.0 Å². The van der Waals surface area contributed by atoms with Crippen molar-refractivity contribution in [1.29, 1.82) is 0 Å². The fourth-order valence-electron chi connectivity index (χ4n) is 3.61. The minimum atomic E-state index is -0.153. The lowest BCUT2D eigenvalue weighted by Gasteiger charge is -2.30. The van der Waals surface area contributed by atoms with Gasteiger partial charge in [-0.05, 0) is 81.6 Å². The Bertz CT molecular complexity index is 883. The van der Waals surface area contributed by atoms with E-state index in [0.717, 1.165) is 30.0 Å². The highest BCUT2D eigenvalue weighted by Gasteiger charge is 2.27. The minimum Gasteiger partial charge on any atom is -0.466 e. The first-order valence-electron chi connectivity index (χ1n) is 10.5. The molecule has 2 aromatic carbocycles. The minimum absolute atomic E-state index is 0.0607. The summed E-state index contributed by atoms with van der Waals surface area (Å²) in [6, 6.07) is 14.4. The van der Waals surface area contributed by atoms with Crippen molar-refractivity contribution in [3.05, 3.63) is 53.6 Å². The summed E-state index contributed by atoms with van der Waals surface area (Å²) in [6.07, 6.45) is 1.73. The van der Waals surface area contributed by atoms with Gasteiger partial charge in [-0.25, -0.2) is 0 Å². The molecule has 1 heterocycles. The van der Waals surface area contributed by atoms with Gasteiger partial charge in [-0.2, -0.15) is 0 Å². The number of likely N-dealkylation sites (tertiary alicyclic amines) is 1. The van der Waals surface area contributed by atoms with Crippen molar-refractivity contribution < 1.29 is 14.3 Å². The highest BCUT2D eigenvalue weighted by Crippen LogP contribution is 2.31. The average molecular weight is 427 g/mol. The normalized spacial score (nSPS) is 16.8. The molecule has 1 fully saturated rings. The van der Waals surface area contributed by atoms with Crippen molar-refractivity contribution >= 4 is 29.3 Å². The number of carbonyl (C=O) groups excluding carboxylic acids is 2. The number of piperidine rings is 1. The van der Waals surface area contributed by atoms with Gasteiger partial charge in [-0.3, -0.25) is 14.5 Å². The fraction of sp³-hybridized carbons (Fsp3) is 0.417. The van der Waals surface area contributed by atoms with Crippen LogP contribution < -0.4 is 5.32 Å². The van der Waals surface area contributed by atoms with E-state index < -0.39 is 0 Å². The number of anilines is 1. The van der Waals surface area contributed by atoms with Gasteiger partial charge in [0.1, 0.15) is 0 Å². The predicted octanol–water partition coefficient (Wildman–Crippen LogP) is 4.67. The van der Waals surface area contributed by atoms with E-state index in [2.05, 4.69) is 37.4 Å². The SMILES string of the molecule is CCOC(=O)C1CCCN(CC(=O)Nc2ccc(Sc3cc(C)ccc3C)cc2)C1. The molecule has 0 spiro atoms. The molecule has 3 rings (SSSR count). The fourth-order valence-corrected chi connectivity index (χ4v) is 4.61. The van der Waals surface area contributed by atoms with Gasteiger partial charge in [0, 0.05) is 22.0 Å². The molecule has 1 saturated heterocycles. The third-order valence-corrected chi connectivity index (χ3v) is 6.37. The molecule has 2 aromatic rings. The van der Waals surface area contributed by atoms with Crippen molar-refractivity contribution in [2.45, 2.75) is 43.4 Å². The molecule has 1 amide bonds. The number of nitrogens with zero attached hydrogens (tertiary/aromatic N) is 1. The standard InChI is InChI=1S/C24H30N2O3S/c1-4-29-24(28)19-6-5-13-26(15-19)16-23(27)25-20-9-11-21(12-10-20)30-22-14-17(2)7-8-18(22)3/h7-12,14,19H,4-6,13,15-16H2,1-3H3,(H,25,27). The summed E-state index contributed by atoms with van der Waals surface area (Å²) in [6.45, 7) is 8.12. The molecular weight excluding hydrogens is 396 g/mol. The Morgan fingerprint density at radius 1 is 1.17 bits per heavy atom. The summed E-state index contributed by atoms with van der Waals surface area (Å²) in [7, 11) is 0. The van der Waals surface area contributed by atoms with Gasteiger partial charge < -0.3 is 10.1 Å². The first-order chi connectivity index (χ1) is 14.4. The molecule has 30 heavy (non-hydrogen) atoms. The summed E-state index contributed by atoms with van der Waals surface area (Å²) in [5.74, 6) is -0.345. The van der Waals surface area contributed by atoms with E-state index in [9.17, 15) is 9.59 Å². The van der Waals surface area contributed by atoms with E-state index in [1.54, 1.807) is 11.8 Å². The molecule has 1 aliphatic rings. The largest absolute Gasteiger partial charge is 0.466 e. The Morgan fingerprint density at radius 3 is 2.67 bits per heavy atom. The van der Waals surface area contributed by atoms with Crippen LogP contribution in [0.2, 0.25) is 0 Å². The summed E-state index contributed by atoms with van der Waals surface area (Å²) in [5.41, 5.74) is 3.28. The third kappa shape index (κ3) is 6.34. The first-order valence-corrected chi connectivity index (χ1v) is 11.3. The maximum absolute atomic E-state index is 12.5. The van der Waals surface area contributed by atoms with Crippen molar-refractivity contribution in [2.75, 3.05) is 31.6 Å². The first kappa shape index (κ1) is 22.4. The van der Waals surface area contributed by atoms with Crippen molar-refractivity contribution in [3.8, 4) is 0 Å². The van der Waals surface area contributed by atoms with Gasteiger partial charge in [0.25, 0.3) is 0 Å². The van der Waals surface area contributed by atoms with E-state index in [-0.39, 0.29) is 24.3 Å². The van der Waals surface area contributed by atoms with E-state index in [1.807, 2.05) is 36.1 Å². The highest BCUT2D eigenvalue weighted by atomic mass is 32.2. The Hall–Kier alpha value is -2.31. The molecule has 1 unspecified atom stereocenters. The van der Waals surface area contributed by atoms with Crippen LogP contribution in [-0.2, 0) is 14.3 Å². The molecule has 5 nitrogen and oxygen atoms in total. The zero-order valence-electron chi connectivity index (χ0n) is 17.9. The Morgan fingerprint density at radius 2 is 1.93 bits per heavy atom. The third-order valence-electron chi connectivity index (χ3n) is 5.20. The average Bonchev–Trinajstić information content (AvgIpc) is 2.72. The molecule has 0 radical (unpaired) electrons. The van der Waals surface area contributed by atoms with Crippen LogP contribution in [0.15, 0.2) is 52.3 Å². The van der Waals surface area contributed by atoms with E-state index in [0.29, 0.717) is 13.2 Å². The monoisotopic (exact) mass is 426 g/mol. The molecule has 1 atom stereocenters. The zero-order valence-corrected chi connectivity index (χ0v) is 18.8. The predicted molar refractivity (Wildman–Crippen MR) is 121 cm³/mol. The lowest BCUT2D eigenvalue weighted by Crippen LogP contribution is -2.43. The zero-order chi connectivity index (χ0) is 21.5. The highest BCUT2D eigenvalue weighted by molar-refractivity contribution is 7.99. The maximum atomic E-state index is 12.5. The van der Waals surface area contributed by atoms with Crippen LogP contribution in [0.25, 0.3) is 0 Å². The number of rotatable bonds is 7. The van der Waals surface area contributed by atoms with Gasteiger partial charge in [0.15, 0.2) is 0 Å². The Labute approximate surface area is 183 Å². The lowest BCUT2D eigenvalue weighted by molar-refractivity contribution is -0.150. The number of hydrogen-bond donors (Lipinski definition) is 1. The van der Waals surface area contributed by atoms with E-state index >= 15 is 0 Å². The number of carbonyl (C=O) groups is 2. The molecule has 0 aromatic heterocycles. The summed E-state index contributed by atoms with van der Waals surface area (Å²) < 4.78 is 5.13. The topological polar surface area (TPSA) is 58.6 Å². The van der Waals surface area contributed by atoms with Gasteiger partial charge in [0.05, 0.1) is 19.1 Å². The second kappa shape index (κ2) is 10.6. The van der Waals surface area contributed by atoms with Crippen molar-refractivity contribution in [3.63, 3.8) is 0 Å². The van der Waals surface area contributed by atoms with Crippen molar-refractivity contribution in [2.24, 2.45) is 5.92 Å². The number of aryl methyl sites for hydroxylation is 2. The van der Waals surface area contributed by atoms with Gasteiger partial charge in [-0.1, -0.05) is 23.9 Å². The molecule has 0 saturated carbocycles. The van der Waals surface area contributed by atoms with Gasteiger partial charge >= 0.3 is 5.97 Å². The number of amides is 1. The second-order valence-corrected chi connectivity index (χ2v) is 8.89. The number of benzene rings is 2. The smallest absolute Gasteiger partial charge is 0.310 e. The van der Waals surface area contributed by atoms with Crippen LogP contribution in [0, 0.1) is 19.8 Å². The number of hydrogen-bond acceptors (Lipinski definition) is 5. The van der Waals surface area contributed by atoms with Crippen LogP contribution in [0.3, 0.4) is 0 Å². The lowest BCUT2D eigenvalue weighted by atomic mass is 9.98. The van der Waals surface area contributed by atoms with Crippen molar-refractivity contribution in [1.82, 2.24) is 4.90 Å². The molecule has 1 aliphatic heterocycles. The second-order valence-electron chi connectivity index (χ2n) is 7.77. The molecule has 6 heteroatoms. The summed E-state index contributed by atoms with van der Waals surface area (Å²) in [5, 5.41) is 2.96. The summed E-state index contributed by atoms with van der Waals surface area (Å²) in [4.78, 5) is 28.8. The van der Waals surface area contributed by atoms with Crippen LogP contribution in [0.4, 0.5) is 5.69 Å². The Balaban J connectivity index is 1.52. The van der Waals surface area contributed by atoms with E-state index in [1.165, 1.54) is 16.0 Å². The van der Waals surface area contributed by atoms with E-state index in [4.69, 9.17) is 4.74 Å². The molecule has 0 bridgehead atoms. The molecule has 0 aliphatic carbocycles. The molecule has 160 valence electrons.